The Bertz CT molecular complexity index is 679. The van der Waals surface area contributed by atoms with E-state index in [2.05, 4.69) is 20.6 Å². The molecule has 6 nitrogen and oxygen atoms in total. The molecule has 4 N–H and O–H groups in total. The Hall–Kier alpha value is -1.87. The number of aliphatic imine (C=N–C) groups is 1. The van der Waals surface area contributed by atoms with Crippen LogP contribution in [0.1, 0.15) is 16.1 Å². The maximum Gasteiger partial charge on any atom is 0.251 e. The maximum absolute atomic E-state index is 11.9. The molecule has 1 heterocycles. The lowest BCUT2D eigenvalue weighted by Crippen LogP contribution is -2.38. The topological polar surface area (TPSA) is 92.4 Å². The molecule has 134 valence electrons. The van der Waals surface area contributed by atoms with Crippen molar-refractivity contribution in [3.8, 4) is 0 Å². The number of nitrogens with two attached hydrogens (primary N) is 1. The minimum atomic E-state index is -0.154. The molecule has 0 aliphatic rings. The fraction of sp³-hybridized carbons (Fsp3) is 0.235. The molecule has 0 bridgehead atoms. The second-order valence-corrected chi connectivity index (χ2v) is 5.46. The van der Waals surface area contributed by atoms with Gasteiger partial charge in [-0.25, -0.2) is 0 Å². The first kappa shape index (κ1) is 21.2. The van der Waals surface area contributed by atoms with Crippen LogP contribution in [0, 0.1) is 0 Å². The first-order valence-corrected chi connectivity index (χ1v) is 8.00. The highest BCUT2D eigenvalue weighted by Crippen LogP contribution is 2.09. The molecule has 0 radical (unpaired) electrons. The van der Waals surface area contributed by atoms with Gasteiger partial charge in [-0.3, -0.25) is 14.8 Å². The van der Waals surface area contributed by atoms with Gasteiger partial charge >= 0.3 is 0 Å². The van der Waals surface area contributed by atoms with E-state index in [1.54, 1.807) is 30.5 Å². The minimum Gasteiger partial charge on any atom is -0.370 e. The normalized spacial score (nSPS) is 10.7. The van der Waals surface area contributed by atoms with Crippen LogP contribution < -0.4 is 16.4 Å². The van der Waals surface area contributed by atoms with Crippen molar-refractivity contribution >= 4 is 47.4 Å². The summed E-state index contributed by atoms with van der Waals surface area (Å²) < 4.78 is 0. The van der Waals surface area contributed by atoms with E-state index in [1.165, 1.54) is 0 Å². The third-order valence-electron chi connectivity index (χ3n) is 3.20. The van der Waals surface area contributed by atoms with E-state index in [9.17, 15) is 4.79 Å². The number of nitrogens with one attached hydrogen (secondary N) is 2. The Kier molecular flexibility index (Phi) is 9.86. The number of nitrogens with zero attached hydrogens (tertiary/aromatic N) is 2. The van der Waals surface area contributed by atoms with Crippen molar-refractivity contribution in [3.63, 3.8) is 0 Å². The zero-order valence-electron chi connectivity index (χ0n) is 13.6. The average Bonchev–Trinajstić information content (AvgIpc) is 2.60. The second-order valence-electron chi connectivity index (χ2n) is 5.03. The Morgan fingerprint density at radius 1 is 1.12 bits per heavy atom. The van der Waals surface area contributed by atoms with Crippen molar-refractivity contribution in [2.45, 2.75) is 6.42 Å². The van der Waals surface area contributed by atoms with Crippen LogP contribution in [0.4, 0.5) is 0 Å². The monoisotopic (exact) mass is 473 g/mol. The molecule has 1 aromatic carbocycles. The Morgan fingerprint density at radius 2 is 1.84 bits per heavy atom. The van der Waals surface area contributed by atoms with Crippen LogP contribution in [0.2, 0.25) is 5.02 Å². The van der Waals surface area contributed by atoms with Gasteiger partial charge in [0, 0.05) is 48.5 Å². The van der Waals surface area contributed by atoms with Crippen LogP contribution in [0.15, 0.2) is 53.7 Å². The van der Waals surface area contributed by atoms with Crippen molar-refractivity contribution in [2.24, 2.45) is 10.7 Å². The van der Waals surface area contributed by atoms with Crippen LogP contribution in [0.3, 0.4) is 0 Å². The van der Waals surface area contributed by atoms with Gasteiger partial charge in [0.25, 0.3) is 5.91 Å². The van der Waals surface area contributed by atoms with E-state index in [0.29, 0.717) is 36.2 Å². The van der Waals surface area contributed by atoms with Crippen LogP contribution >= 0.6 is 35.6 Å². The molecule has 0 saturated carbocycles. The number of aromatic nitrogens is 1. The highest BCUT2D eigenvalue weighted by atomic mass is 127. The molecule has 2 rings (SSSR count). The lowest BCUT2D eigenvalue weighted by molar-refractivity contribution is 0.0954. The zero-order chi connectivity index (χ0) is 17.2. The fourth-order valence-corrected chi connectivity index (χ4v) is 2.09. The number of benzene rings is 1. The molecule has 0 fully saturated rings. The summed E-state index contributed by atoms with van der Waals surface area (Å²) in [5.74, 6) is 0.200. The largest absolute Gasteiger partial charge is 0.370 e. The van der Waals surface area contributed by atoms with Gasteiger partial charge < -0.3 is 16.4 Å². The molecule has 1 aromatic heterocycles. The van der Waals surface area contributed by atoms with E-state index >= 15 is 0 Å². The van der Waals surface area contributed by atoms with Crippen molar-refractivity contribution in [1.29, 1.82) is 0 Å². The third-order valence-corrected chi connectivity index (χ3v) is 3.45. The summed E-state index contributed by atoms with van der Waals surface area (Å²) in [6, 6.07) is 12.5. The smallest absolute Gasteiger partial charge is 0.251 e. The summed E-state index contributed by atoms with van der Waals surface area (Å²) in [6.45, 7) is 1.50. The quantitative estimate of drug-likeness (QED) is 0.249. The number of guanidine groups is 1. The summed E-state index contributed by atoms with van der Waals surface area (Å²) in [7, 11) is 0. The van der Waals surface area contributed by atoms with Crippen LogP contribution in [-0.4, -0.2) is 36.5 Å². The fourth-order valence-electron chi connectivity index (χ4n) is 1.96. The van der Waals surface area contributed by atoms with Gasteiger partial charge in [-0.15, -0.1) is 24.0 Å². The van der Waals surface area contributed by atoms with Crippen molar-refractivity contribution in [2.75, 3.05) is 19.6 Å². The lowest BCUT2D eigenvalue weighted by atomic mass is 10.2. The number of amides is 1. The predicted octanol–water partition coefficient (Wildman–Crippen LogP) is 2.23. The number of rotatable bonds is 7. The van der Waals surface area contributed by atoms with E-state index in [4.69, 9.17) is 17.3 Å². The molecule has 8 heteroatoms. The van der Waals surface area contributed by atoms with Crippen LogP contribution in [-0.2, 0) is 6.42 Å². The van der Waals surface area contributed by atoms with Gasteiger partial charge in [0.2, 0.25) is 0 Å². The Balaban J connectivity index is 0.00000312. The van der Waals surface area contributed by atoms with E-state index < -0.39 is 0 Å². The molecular weight excluding hydrogens is 453 g/mol. The van der Waals surface area contributed by atoms with Gasteiger partial charge in [-0.2, -0.15) is 0 Å². The Labute approximate surface area is 169 Å². The Morgan fingerprint density at radius 3 is 2.52 bits per heavy atom. The van der Waals surface area contributed by atoms with Gasteiger partial charge in [0.15, 0.2) is 5.96 Å². The molecule has 25 heavy (non-hydrogen) atoms. The van der Waals surface area contributed by atoms with Gasteiger partial charge in [-0.1, -0.05) is 17.7 Å². The van der Waals surface area contributed by atoms with Crippen LogP contribution in [0.25, 0.3) is 0 Å². The predicted molar refractivity (Wildman–Crippen MR) is 112 cm³/mol. The lowest BCUT2D eigenvalue weighted by Gasteiger charge is -2.07. The molecule has 0 aliphatic heterocycles. The first-order valence-electron chi connectivity index (χ1n) is 7.62. The van der Waals surface area contributed by atoms with E-state index in [1.807, 2.05) is 18.2 Å². The van der Waals surface area contributed by atoms with Crippen molar-refractivity contribution < 1.29 is 4.79 Å². The van der Waals surface area contributed by atoms with E-state index in [0.717, 1.165) is 12.1 Å². The second kappa shape index (κ2) is 11.6. The van der Waals surface area contributed by atoms with Gasteiger partial charge in [-0.05, 0) is 36.4 Å². The van der Waals surface area contributed by atoms with Gasteiger partial charge in [0.1, 0.15) is 0 Å². The molecular formula is C17H21ClIN5O. The summed E-state index contributed by atoms with van der Waals surface area (Å²) >= 11 is 5.79. The number of carbonyl (C=O) groups is 1. The SMILES string of the molecule is I.NC(=NCCc1ccccn1)NCCNC(=O)c1ccc(Cl)cc1. The minimum absolute atomic E-state index is 0. The molecule has 2 aromatic rings. The standard InChI is InChI=1S/C17H20ClN5O.HI/c18-14-6-4-13(5-7-14)16(24)21-11-12-23-17(19)22-10-8-15-3-1-2-9-20-15;/h1-7,9H,8,10-12H2,(H,21,24)(H3,19,22,23);1H. The highest BCUT2D eigenvalue weighted by molar-refractivity contribution is 14.0. The number of pyridine rings is 1. The van der Waals surface area contributed by atoms with Crippen LogP contribution in [0.5, 0.6) is 0 Å². The number of carbonyl (C=O) groups excluding carboxylic acids is 1. The highest BCUT2D eigenvalue weighted by Gasteiger charge is 2.03. The number of halogens is 2. The summed E-state index contributed by atoms with van der Waals surface area (Å²) in [5, 5.41) is 6.35. The van der Waals surface area contributed by atoms with E-state index in [-0.39, 0.29) is 29.9 Å². The summed E-state index contributed by atoms with van der Waals surface area (Å²) in [4.78, 5) is 20.3. The molecule has 0 atom stereocenters. The number of hydrogen-bond donors (Lipinski definition) is 3. The third kappa shape index (κ3) is 8.17. The average molecular weight is 474 g/mol. The van der Waals surface area contributed by atoms with Gasteiger partial charge in [0.05, 0.1) is 0 Å². The zero-order valence-corrected chi connectivity index (χ0v) is 16.7. The van der Waals surface area contributed by atoms with Crippen molar-refractivity contribution in [3.05, 3.63) is 64.9 Å². The molecule has 0 aliphatic carbocycles. The molecule has 0 spiro atoms. The van der Waals surface area contributed by atoms with Crippen molar-refractivity contribution in [1.82, 2.24) is 15.6 Å². The molecule has 0 saturated heterocycles. The molecule has 0 unspecified atom stereocenters. The molecule has 1 amide bonds. The summed E-state index contributed by atoms with van der Waals surface area (Å²) in [5.41, 5.74) is 7.32. The summed E-state index contributed by atoms with van der Waals surface area (Å²) in [6.07, 6.45) is 2.49. The maximum atomic E-state index is 11.9. The number of hydrogen-bond acceptors (Lipinski definition) is 3. The first-order chi connectivity index (χ1) is 11.6.